The molecular weight excluding hydrogens is 382 g/mol. The van der Waals surface area contributed by atoms with Gasteiger partial charge >= 0.3 is 0 Å². The molecule has 1 heterocycles. The molecule has 3 rings (SSSR count). The lowest BCUT2D eigenvalue weighted by atomic mass is 9.68. The average Bonchev–Trinajstić information content (AvgIpc) is 3.04. The first kappa shape index (κ1) is 22.0. The summed E-state index contributed by atoms with van der Waals surface area (Å²) in [5.41, 5.74) is 0.964. The summed E-state index contributed by atoms with van der Waals surface area (Å²) in [6.45, 7) is 2.24. The zero-order valence-electron chi connectivity index (χ0n) is 17.6. The predicted molar refractivity (Wildman–Crippen MR) is 113 cm³/mol. The number of aliphatic hydroxyl groups excluding tert-OH is 1. The number of β-amino-alcohol motifs (C(OH)–C–C–N with tert-alkyl or cyclic N) is 1. The van der Waals surface area contributed by atoms with Gasteiger partial charge in [-0.05, 0) is 17.9 Å². The van der Waals surface area contributed by atoms with Gasteiger partial charge in [0, 0.05) is 26.1 Å². The fraction of sp³-hybridized carbons (Fsp3) is 0.522. The Bertz CT molecular complexity index is 795. The van der Waals surface area contributed by atoms with Gasteiger partial charge in [-0.25, -0.2) is 0 Å². The van der Waals surface area contributed by atoms with Crippen molar-refractivity contribution >= 4 is 17.7 Å². The number of hydrogen-bond donors (Lipinski definition) is 3. The summed E-state index contributed by atoms with van der Waals surface area (Å²) in [6, 6.07) is 8.83. The van der Waals surface area contributed by atoms with Crippen molar-refractivity contribution in [3.8, 4) is 0 Å². The van der Waals surface area contributed by atoms with Crippen LogP contribution >= 0.6 is 0 Å². The SMILES string of the molecule is CCC[C@@H]1C=C[C@H]2[C@H](C(=O)N(CCO)[C@@H]2C(=O)NCc2ccccc2)[C@@H]1C(=O)NC. The monoisotopic (exact) mass is 413 g/mol. The second-order valence-corrected chi connectivity index (χ2v) is 7.98. The van der Waals surface area contributed by atoms with Gasteiger partial charge in [-0.2, -0.15) is 0 Å². The number of fused-ring (bicyclic) bond motifs is 1. The number of carbonyl (C=O) groups excluding carboxylic acids is 3. The van der Waals surface area contributed by atoms with Crippen LogP contribution in [0.3, 0.4) is 0 Å². The Morgan fingerprint density at radius 3 is 2.50 bits per heavy atom. The summed E-state index contributed by atoms with van der Waals surface area (Å²) in [4.78, 5) is 40.6. The number of carbonyl (C=O) groups is 3. The lowest BCUT2D eigenvalue weighted by Gasteiger charge is -2.34. The van der Waals surface area contributed by atoms with Crippen LogP contribution in [0.25, 0.3) is 0 Å². The number of hydrogen-bond acceptors (Lipinski definition) is 4. The van der Waals surface area contributed by atoms with Crippen LogP contribution in [-0.2, 0) is 20.9 Å². The zero-order valence-corrected chi connectivity index (χ0v) is 17.6. The molecule has 0 bridgehead atoms. The highest BCUT2D eigenvalue weighted by Gasteiger charge is 2.56. The van der Waals surface area contributed by atoms with Crippen LogP contribution in [0, 0.1) is 23.7 Å². The van der Waals surface area contributed by atoms with Gasteiger partial charge in [-0.1, -0.05) is 55.8 Å². The van der Waals surface area contributed by atoms with Crippen molar-refractivity contribution in [3.05, 3.63) is 48.0 Å². The first-order valence-electron chi connectivity index (χ1n) is 10.7. The molecule has 0 saturated carbocycles. The molecule has 1 aromatic carbocycles. The van der Waals surface area contributed by atoms with E-state index in [1.807, 2.05) is 42.5 Å². The van der Waals surface area contributed by atoms with Gasteiger partial charge in [0.25, 0.3) is 0 Å². The van der Waals surface area contributed by atoms with E-state index in [-0.39, 0.29) is 36.8 Å². The Labute approximate surface area is 177 Å². The van der Waals surface area contributed by atoms with Crippen molar-refractivity contribution in [2.24, 2.45) is 23.7 Å². The topological polar surface area (TPSA) is 98.7 Å². The molecule has 5 atom stereocenters. The van der Waals surface area contributed by atoms with Crippen molar-refractivity contribution in [3.63, 3.8) is 0 Å². The van der Waals surface area contributed by atoms with Gasteiger partial charge in [-0.15, -0.1) is 0 Å². The number of nitrogens with one attached hydrogen (secondary N) is 2. The van der Waals surface area contributed by atoms with E-state index in [1.165, 1.54) is 4.90 Å². The van der Waals surface area contributed by atoms with Gasteiger partial charge in [0.05, 0.1) is 18.4 Å². The molecule has 1 aliphatic carbocycles. The lowest BCUT2D eigenvalue weighted by molar-refractivity contribution is -0.141. The normalized spacial score (nSPS) is 27.6. The highest BCUT2D eigenvalue weighted by molar-refractivity contribution is 5.96. The van der Waals surface area contributed by atoms with E-state index in [9.17, 15) is 19.5 Å². The Hall–Kier alpha value is -2.67. The minimum absolute atomic E-state index is 0.0396. The van der Waals surface area contributed by atoms with E-state index in [0.717, 1.165) is 18.4 Å². The molecule has 0 spiro atoms. The van der Waals surface area contributed by atoms with Crippen LogP contribution in [0.4, 0.5) is 0 Å². The molecule has 0 unspecified atom stereocenters. The van der Waals surface area contributed by atoms with Crippen LogP contribution in [0.15, 0.2) is 42.5 Å². The molecule has 0 radical (unpaired) electrons. The Morgan fingerprint density at radius 1 is 1.13 bits per heavy atom. The molecule has 0 aromatic heterocycles. The number of amides is 3. The minimum atomic E-state index is -0.732. The molecule has 3 N–H and O–H groups in total. The molecule has 1 fully saturated rings. The quantitative estimate of drug-likeness (QED) is 0.556. The molecule has 162 valence electrons. The second kappa shape index (κ2) is 9.89. The fourth-order valence-electron chi connectivity index (χ4n) is 4.87. The number of benzene rings is 1. The molecule has 2 aliphatic rings. The summed E-state index contributed by atoms with van der Waals surface area (Å²) < 4.78 is 0. The van der Waals surface area contributed by atoms with E-state index >= 15 is 0 Å². The molecule has 7 nitrogen and oxygen atoms in total. The molecular formula is C23H31N3O4. The summed E-state index contributed by atoms with van der Waals surface area (Å²) in [5, 5.41) is 15.1. The fourth-order valence-corrected chi connectivity index (χ4v) is 4.87. The molecule has 7 heteroatoms. The Morgan fingerprint density at radius 2 is 1.87 bits per heavy atom. The van der Waals surface area contributed by atoms with Crippen LogP contribution in [0.1, 0.15) is 25.3 Å². The maximum Gasteiger partial charge on any atom is 0.243 e. The van der Waals surface area contributed by atoms with Crippen molar-refractivity contribution in [2.45, 2.75) is 32.4 Å². The van der Waals surface area contributed by atoms with E-state index in [2.05, 4.69) is 17.6 Å². The van der Waals surface area contributed by atoms with Gasteiger partial charge in [0.15, 0.2) is 0 Å². The maximum absolute atomic E-state index is 13.3. The Kier molecular flexibility index (Phi) is 7.26. The number of rotatable bonds is 8. The average molecular weight is 414 g/mol. The first-order valence-corrected chi connectivity index (χ1v) is 10.7. The van der Waals surface area contributed by atoms with E-state index in [0.29, 0.717) is 6.54 Å². The standard InChI is InChI=1S/C23H31N3O4/c1-3-7-16-10-11-17-19(18(16)21(28)24-2)23(30)26(12-13-27)20(17)22(29)25-14-15-8-5-4-6-9-15/h4-6,8-11,16-20,27H,3,7,12-14H2,1-2H3,(H,24,28)(H,25,29)/t16-,17+,18-,19+,20+/m1/s1. The molecule has 30 heavy (non-hydrogen) atoms. The van der Waals surface area contributed by atoms with Gasteiger partial charge in [0.2, 0.25) is 17.7 Å². The van der Waals surface area contributed by atoms with Crippen molar-refractivity contribution in [2.75, 3.05) is 20.2 Å². The van der Waals surface area contributed by atoms with Crippen molar-refractivity contribution < 1.29 is 19.5 Å². The van der Waals surface area contributed by atoms with E-state index < -0.39 is 23.8 Å². The third-order valence-corrected chi connectivity index (χ3v) is 6.20. The maximum atomic E-state index is 13.3. The van der Waals surface area contributed by atoms with Crippen molar-refractivity contribution in [1.82, 2.24) is 15.5 Å². The summed E-state index contributed by atoms with van der Waals surface area (Å²) in [5.74, 6) is -2.20. The molecule has 1 saturated heterocycles. The van der Waals surface area contributed by atoms with Gasteiger partial charge in [-0.3, -0.25) is 14.4 Å². The number of allylic oxidation sites excluding steroid dienone is 1. The van der Waals surface area contributed by atoms with E-state index in [1.54, 1.807) is 7.05 Å². The smallest absolute Gasteiger partial charge is 0.243 e. The lowest BCUT2D eigenvalue weighted by Crippen LogP contribution is -2.48. The van der Waals surface area contributed by atoms with E-state index in [4.69, 9.17) is 0 Å². The number of nitrogens with zero attached hydrogens (tertiary/aromatic N) is 1. The summed E-state index contributed by atoms with van der Waals surface area (Å²) in [6.07, 6.45) is 5.63. The molecule has 1 aliphatic heterocycles. The Balaban J connectivity index is 1.88. The van der Waals surface area contributed by atoms with Crippen LogP contribution < -0.4 is 10.6 Å². The molecule has 1 aromatic rings. The highest BCUT2D eigenvalue weighted by Crippen LogP contribution is 2.45. The number of likely N-dealkylation sites (tertiary alicyclic amines) is 1. The molecule has 3 amide bonds. The van der Waals surface area contributed by atoms with Crippen LogP contribution in [0.2, 0.25) is 0 Å². The summed E-state index contributed by atoms with van der Waals surface area (Å²) >= 11 is 0. The zero-order chi connectivity index (χ0) is 21.7. The third kappa shape index (κ3) is 4.26. The summed E-state index contributed by atoms with van der Waals surface area (Å²) in [7, 11) is 1.58. The largest absolute Gasteiger partial charge is 0.395 e. The van der Waals surface area contributed by atoms with Crippen molar-refractivity contribution in [1.29, 1.82) is 0 Å². The van der Waals surface area contributed by atoms with Crippen LogP contribution in [0.5, 0.6) is 0 Å². The first-order chi connectivity index (χ1) is 14.5. The van der Waals surface area contributed by atoms with Crippen LogP contribution in [-0.4, -0.2) is 54.0 Å². The van der Waals surface area contributed by atoms with Gasteiger partial charge in [0.1, 0.15) is 6.04 Å². The minimum Gasteiger partial charge on any atom is -0.395 e. The predicted octanol–water partition coefficient (Wildman–Crippen LogP) is 1.09. The van der Waals surface area contributed by atoms with Gasteiger partial charge < -0.3 is 20.6 Å². The third-order valence-electron chi connectivity index (χ3n) is 6.20. The highest BCUT2D eigenvalue weighted by atomic mass is 16.3. The number of aliphatic hydroxyl groups is 1. The second-order valence-electron chi connectivity index (χ2n) is 7.98.